The topological polar surface area (TPSA) is 67.8 Å². The molecule has 0 heterocycles. The van der Waals surface area contributed by atoms with E-state index in [0.717, 1.165) is 5.75 Å². The maximum atomic E-state index is 10.8. The Bertz CT molecular complexity index is 336. The molecule has 1 aromatic rings. The van der Waals surface area contributed by atoms with Gasteiger partial charge < -0.3 is 19.9 Å². The summed E-state index contributed by atoms with van der Waals surface area (Å²) in [5.74, 6) is 0.719. The lowest BCUT2D eigenvalue weighted by molar-refractivity contribution is 0.147. The van der Waals surface area contributed by atoms with E-state index >= 15 is 0 Å². The summed E-state index contributed by atoms with van der Waals surface area (Å²) in [5, 5.41) is 12.1. The number of aliphatic hydroxyl groups is 1. The van der Waals surface area contributed by atoms with Gasteiger partial charge in [-0.3, -0.25) is 0 Å². The molecule has 0 saturated carbocycles. The van der Waals surface area contributed by atoms with Crippen molar-refractivity contribution in [1.29, 1.82) is 0 Å². The van der Waals surface area contributed by atoms with Gasteiger partial charge in [0.25, 0.3) is 0 Å². The van der Waals surface area contributed by atoms with Gasteiger partial charge >= 0.3 is 6.09 Å². The third-order valence-electron chi connectivity index (χ3n) is 2.13. The minimum absolute atomic E-state index is 0.110. The second-order valence-corrected chi connectivity index (χ2v) is 3.16. The summed E-state index contributed by atoms with van der Waals surface area (Å²) in [4.78, 5) is 10.8. The Morgan fingerprint density at radius 3 is 2.50 bits per heavy atom. The van der Waals surface area contributed by atoms with Crippen LogP contribution in [0.4, 0.5) is 4.79 Å². The quantitative estimate of drug-likeness (QED) is 0.804. The smallest absolute Gasteiger partial charge is 0.406 e. The third kappa shape index (κ3) is 3.43. The van der Waals surface area contributed by atoms with Gasteiger partial charge in [-0.1, -0.05) is 12.1 Å². The number of rotatable bonds is 4. The van der Waals surface area contributed by atoms with Crippen molar-refractivity contribution >= 4 is 6.09 Å². The van der Waals surface area contributed by atoms with Gasteiger partial charge in [-0.15, -0.1) is 0 Å². The Labute approximate surface area is 94.0 Å². The molecule has 88 valence electrons. The Hall–Kier alpha value is -1.75. The summed E-state index contributed by atoms with van der Waals surface area (Å²) in [6.07, 6.45) is -1.32. The fourth-order valence-corrected chi connectivity index (χ4v) is 1.20. The van der Waals surface area contributed by atoms with Crippen LogP contribution in [-0.2, 0) is 4.74 Å². The van der Waals surface area contributed by atoms with E-state index in [1.54, 1.807) is 31.4 Å². The molecule has 0 fully saturated rings. The van der Waals surface area contributed by atoms with Crippen molar-refractivity contribution in [3.05, 3.63) is 29.8 Å². The molecule has 0 aromatic heterocycles. The monoisotopic (exact) mass is 225 g/mol. The molecule has 0 aliphatic heterocycles. The molecule has 0 unspecified atom stereocenters. The van der Waals surface area contributed by atoms with Gasteiger partial charge in [-0.25, -0.2) is 4.79 Å². The van der Waals surface area contributed by atoms with Crippen molar-refractivity contribution in [2.75, 3.05) is 20.8 Å². The van der Waals surface area contributed by atoms with E-state index in [0.29, 0.717) is 5.56 Å². The summed E-state index contributed by atoms with van der Waals surface area (Å²) < 4.78 is 9.38. The molecule has 1 amide bonds. The number of benzene rings is 1. The molecule has 16 heavy (non-hydrogen) atoms. The second kappa shape index (κ2) is 5.97. The molecular weight excluding hydrogens is 210 g/mol. The molecular formula is C11H15NO4. The first-order valence-corrected chi connectivity index (χ1v) is 4.81. The SMILES string of the molecule is COC(=O)NC[C@H](O)c1ccc(OC)cc1. The highest BCUT2D eigenvalue weighted by molar-refractivity contribution is 5.66. The van der Waals surface area contributed by atoms with E-state index in [2.05, 4.69) is 10.1 Å². The highest BCUT2D eigenvalue weighted by Crippen LogP contribution is 2.16. The number of nitrogens with one attached hydrogen (secondary N) is 1. The zero-order valence-electron chi connectivity index (χ0n) is 9.27. The van der Waals surface area contributed by atoms with Gasteiger partial charge in [0, 0.05) is 0 Å². The van der Waals surface area contributed by atoms with Crippen LogP contribution in [0.5, 0.6) is 5.75 Å². The van der Waals surface area contributed by atoms with Crippen LogP contribution in [0.3, 0.4) is 0 Å². The first-order chi connectivity index (χ1) is 7.67. The van der Waals surface area contributed by atoms with Crippen molar-refractivity contribution in [3.63, 3.8) is 0 Å². The lowest BCUT2D eigenvalue weighted by atomic mass is 10.1. The van der Waals surface area contributed by atoms with Crippen molar-refractivity contribution < 1.29 is 19.4 Å². The summed E-state index contributed by atoms with van der Waals surface area (Å²) in [5.41, 5.74) is 0.706. The minimum Gasteiger partial charge on any atom is -0.497 e. The van der Waals surface area contributed by atoms with Gasteiger partial charge in [0.1, 0.15) is 5.75 Å². The standard InChI is InChI=1S/C11H15NO4/c1-15-9-5-3-8(4-6-9)10(13)7-12-11(14)16-2/h3-6,10,13H,7H2,1-2H3,(H,12,14)/t10-/m0/s1. The van der Waals surface area contributed by atoms with E-state index in [1.165, 1.54) is 7.11 Å². The molecule has 0 radical (unpaired) electrons. The molecule has 5 heteroatoms. The Balaban J connectivity index is 2.52. The molecule has 1 rings (SSSR count). The lowest BCUT2D eigenvalue weighted by Gasteiger charge is -2.11. The molecule has 0 bridgehead atoms. The van der Waals surface area contributed by atoms with Crippen LogP contribution in [0.15, 0.2) is 24.3 Å². The molecule has 1 atom stereocenters. The summed E-state index contributed by atoms with van der Waals surface area (Å²) in [6, 6.07) is 6.97. The number of carbonyl (C=O) groups excluding carboxylic acids is 1. The van der Waals surface area contributed by atoms with E-state index in [-0.39, 0.29) is 6.54 Å². The number of carbonyl (C=O) groups is 1. The Kier molecular flexibility index (Phi) is 4.60. The summed E-state index contributed by atoms with van der Waals surface area (Å²) in [6.45, 7) is 0.110. The van der Waals surface area contributed by atoms with Crippen molar-refractivity contribution in [3.8, 4) is 5.75 Å². The normalized spacial score (nSPS) is 11.7. The molecule has 0 aliphatic carbocycles. The average molecular weight is 225 g/mol. The van der Waals surface area contributed by atoms with Crippen molar-refractivity contribution in [2.45, 2.75) is 6.10 Å². The van der Waals surface area contributed by atoms with E-state index in [4.69, 9.17) is 4.74 Å². The molecule has 2 N–H and O–H groups in total. The Morgan fingerprint density at radius 1 is 1.38 bits per heavy atom. The van der Waals surface area contributed by atoms with Crippen molar-refractivity contribution in [2.24, 2.45) is 0 Å². The van der Waals surface area contributed by atoms with Gasteiger partial charge in [-0.2, -0.15) is 0 Å². The predicted octanol–water partition coefficient (Wildman–Crippen LogP) is 1.08. The van der Waals surface area contributed by atoms with Crippen LogP contribution < -0.4 is 10.1 Å². The molecule has 0 saturated heterocycles. The molecule has 5 nitrogen and oxygen atoms in total. The van der Waals surface area contributed by atoms with Gasteiger partial charge in [0.2, 0.25) is 0 Å². The number of methoxy groups -OCH3 is 2. The fourth-order valence-electron chi connectivity index (χ4n) is 1.20. The largest absolute Gasteiger partial charge is 0.497 e. The maximum absolute atomic E-state index is 10.8. The molecule has 0 spiro atoms. The van der Waals surface area contributed by atoms with Crippen molar-refractivity contribution in [1.82, 2.24) is 5.32 Å². The highest BCUT2D eigenvalue weighted by atomic mass is 16.5. The fraction of sp³-hybridized carbons (Fsp3) is 0.364. The number of alkyl carbamates (subject to hydrolysis) is 1. The highest BCUT2D eigenvalue weighted by Gasteiger charge is 2.09. The van der Waals surface area contributed by atoms with E-state index in [1.807, 2.05) is 0 Å². The second-order valence-electron chi connectivity index (χ2n) is 3.16. The van der Waals surface area contributed by atoms with Gasteiger partial charge in [0.15, 0.2) is 0 Å². The number of hydrogen-bond donors (Lipinski definition) is 2. The molecule has 1 aromatic carbocycles. The summed E-state index contributed by atoms with van der Waals surface area (Å²) >= 11 is 0. The lowest BCUT2D eigenvalue weighted by Crippen LogP contribution is -2.28. The zero-order valence-corrected chi connectivity index (χ0v) is 9.27. The van der Waals surface area contributed by atoms with Gasteiger partial charge in [0.05, 0.1) is 26.9 Å². The van der Waals surface area contributed by atoms with Crippen LogP contribution in [0.1, 0.15) is 11.7 Å². The third-order valence-corrected chi connectivity index (χ3v) is 2.13. The number of amides is 1. The summed E-state index contributed by atoms with van der Waals surface area (Å²) in [7, 11) is 2.85. The average Bonchev–Trinajstić information content (AvgIpc) is 2.35. The van der Waals surface area contributed by atoms with E-state index < -0.39 is 12.2 Å². The minimum atomic E-state index is -0.759. The van der Waals surface area contributed by atoms with Crippen LogP contribution in [0, 0.1) is 0 Å². The first-order valence-electron chi connectivity index (χ1n) is 4.81. The number of aliphatic hydroxyl groups excluding tert-OH is 1. The number of ether oxygens (including phenoxy) is 2. The van der Waals surface area contributed by atoms with E-state index in [9.17, 15) is 9.90 Å². The molecule has 0 aliphatic rings. The Morgan fingerprint density at radius 2 is 2.00 bits per heavy atom. The van der Waals surface area contributed by atoms with Crippen LogP contribution in [0.2, 0.25) is 0 Å². The predicted molar refractivity (Wildman–Crippen MR) is 58.4 cm³/mol. The first kappa shape index (κ1) is 12.3. The zero-order chi connectivity index (χ0) is 12.0. The maximum Gasteiger partial charge on any atom is 0.406 e. The van der Waals surface area contributed by atoms with Crippen LogP contribution in [0.25, 0.3) is 0 Å². The number of hydrogen-bond acceptors (Lipinski definition) is 4. The van der Waals surface area contributed by atoms with Crippen LogP contribution >= 0.6 is 0 Å². The van der Waals surface area contributed by atoms with Crippen LogP contribution in [-0.4, -0.2) is 32.0 Å². The van der Waals surface area contributed by atoms with Gasteiger partial charge in [-0.05, 0) is 17.7 Å².